The maximum atomic E-state index is 11.6. The molecule has 8 heteroatoms. The molecule has 1 aromatic heterocycles. The second-order valence-corrected chi connectivity index (χ2v) is 3.82. The molecule has 0 saturated heterocycles. The number of carboxylic acids is 1. The fourth-order valence-corrected chi connectivity index (χ4v) is 1.61. The zero-order chi connectivity index (χ0) is 12.1. The van der Waals surface area contributed by atoms with Crippen LogP contribution in [0.3, 0.4) is 0 Å². The number of nitrogens with zero attached hydrogens (tertiary/aromatic N) is 2. The number of aliphatic hydroxyl groups excluding tert-OH is 1. The quantitative estimate of drug-likeness (QED) is 0.639. The number of carboxylic acid groups (broad SMARTS) is 1. The molecule has 3 N–H and O–H groups in total. The van der Waals surface area contributed by atoms with Gasteiger partial charge < -0.3 is 15.5 Å². The average Bonchev–Trinajstić information content (AvgIpc) is 2.63. The van der Waals surface area contributed by atoms with Crippen LogP contribution in [0.25, 0.3) is 0 Å². The van der Waals surface area contributed by atoms with Crippen molar-refractivity contribution in [1.82, 2.24) is 14.9 Å². The largest absolute Gasteiger partial charge is 0.480 e. The number of carbonyl (C=O) groups is 2. The number of nitrogens with one attached hydrogen (secondary N) is 1. The van der Waals surface area contributed by atoms with Gasteiger partial charge in [0.25, 0.3) is 5.91 Å². The highest BCUT2D eigenvalue weighted by Crippen LogP contribution is 2.09. The normalized spacial score (nSPS) is 12.1. The van der Waals surface area contributed by atoms with E-state index in [-0.39, 0.29) is 17.9 Å². The Morgan fingerprint density at radius 1 is 1.56 bits per heavy atom. The third-order valence-electron chi connectivity index (χ3n) is 1.88. The Morgan fingerprint density at radius 3 is 2.69 bits per heavy atom. The third kappa shape index (κ3) is 2.97. The van der Waals surface area contributed by atoms with Gasteiger partial charge in [-0.1, -0.05) is 4.49 Å². The van der Waals surface area contributed by atoms with E-state index in [2.05, 4.69) is 14.9 Å². The SMILES string of the molecule is Cc1nnsc1C(=O)N[C@H](CCO)C(=O)O. The standard InChI is InChI=1S/C8H11N3O4S/c1-4-6(16-11-10-4)7(13)9-5(2-3-12)8(14)15/h5,12H,2-3H2,1H3,(H,9,13)(H,14,15)/t5-/m1/s1. The molecule has 0 unspecified atom stereocenters. The van der Waals surface area contributed by atoms with Crippen molar-refractivity contribution in [3.8, 4) is 0 Å². The fraction of sp³-hybridized carbons (Fsp3) is 0.500. The highest BCUT2D eigenvalue weighted by molar-refractivity contribution is 7.08. The van der Waals surface area contributed by atoms with Gasteiger partial charge in [-0.15, -0.1) is 5.10 Å². The second kappa shape index (κ2) is 5.52. The molecule has 1 amide bonds. The van der Waals surface area contributed by atoms with Crippen LogP contribution in [0.5, 0.6) is 0 Å². The van der Waals surface area contributed by atoms with E-state index in [1.165, 1.54) is 0 Å². The summed E-state index contributed by atoms with van der Waals surface area (Å²) in [6, 6.07) is -1.10. The van der Waals surface area contributed by atoms with Gasteiger partial charge in [0, 0.05) is 13.0 Å². The molecule has 0 fully saturated rings. The summed E-state index contributed by atoms with van der Waals surface area (Å²) in [7, 11) is 0. The van der Waals surface area contributed by atoms with Gasteiger partial charge >= 0.3 is 5.97 Å². The van der Waals surface area contributed by atoms with Crippen LogP contribution < -0.4 is 5.32 Å². The summed E-state index contributed by atoms with van der Waals surface area (Å²) in [5, 5.41) is 23.4. The Hall–Kier alpha value is -1.54. The average molecular weight is 245 g/mol. The Bertz CT molecular complexity index is 392. The van der Waals surface area contributed by atoms with Crippen LogP contribution in [0.1, 0.15) is 21.8 Å². The summed E-state index contributed by atoms with van der Waals surface area (Å²) < 4.78 is 3.57. The van der Waals surface area contributed by atoms with Crippen LogP contribution >= 0.6 is 11.5 Å². The van der Waals surface area contributed by atoms with E-state index in [1.54, 1.807) is 6.92 Å². The highest BCUT2D eigenvalue weighted by atomic mass is 32.1. The van der Waals surface area contributed by atoms with E-state index in [4.69, 9.17) is 10.2 Å². The fourth-order valence-electron chi connectivity index (χ4n) is 1.05. The minimum Gasteiger partial charge on any atom is -0.480 e. The minimum absolute atomic E-state index is 0.0354. The number of hydrogen-bond donors (Lipinski definition) is 3. The van der Waals surface area contributed by atoms with E-state index in [0.717, 1.165) is 11.5 Å². The van der Waals surface area contributed by atoms with Crippen molar-refractivity contribution >= 4 is 23.4 Å². The lowest BCUT2D eigenvalue weighted by Crippen LogP contribution is -2.41. The maximum absolute atomic E-state index is 11.6. The number of aryl methyl sites for hydroxylation is 1. The predicted molar refractivity (Wildman–Crippen MR) is 55.2 cm³/mol. The smallest absolute Gasteiger partial charge is 0.326 e. The first-order valence-corrected chi connectivity index (χ1v) is 5.27. The molecule has 1 aromatic rings. The molecule has 88 valence electrons. The number of hydrogen-bond acceptors (Lipinski definition) is 6. The van der Waals surface area contributed by atoms with Crippen molar-refractivity contribution in [2.45, 2.75) is 19.4 Å². The number of rotatable bonds is 5. The molecular weight excluding hydrogens is 234 g/mol. The minimum atomic E-state index is -1.18. The number of aliphatic hydroxyl groups is 1. The van der Waals surface area contributed by atoms with Gasteiger partial charge in [0.05, 0.1) is 5.69 Å². The van der Waals surface area contributed by atoms with Gasteiger partial charge in [0.2, 0.25) is 0 Å². The summed E-state index contributed by atoms with van der Waals surface area (Å²) in [4.78, 5) is 22.6. The van der Waals surface area contributed by atoms with Crippen LogP contribution in [0.15, 0.2) is 0 Å². The molecule has 0 aliphatic rings. The summed E-state index contributed by atoms with van der Waals surface area (Å²) >= 11 is 0.901. The molecule has 0 saturated carbocycles. The summed E-state index contributed by atoms with van der Waals surface area (Å²) in [6.45, 7) is 1.30. The van der Waals surface area contributed by atoms with Crippen LogP contribution in [-0.4, -0.2) is 44.3 Å². The number of amides is 1. The lowest BCUT2D eigenvalue weighted by molar-refractivity contribution is -0.139. The van der Waals surface area contributed by atoms with Crippen molar-refractivity contribution in [3.63, 3.8) is 0 Å². The molecule has 1 heterocycles. The Morgan fingerprint density at radius 2 is 2.25 bits per heavy atom. The van der Waals surface area contributed by atoms with Crippen molar-refractivity contribution < 1.29 is 19.8 Å². The monoisotopic (exact) mass is 245 g/mol. The molecule has 0 aliphatic heterocycles. The van der Waals surface area contributed by atoms with Gasteiger partial charge in [-0.3, -0.25) is 4.79 Å². The first kappa shape index (κ1) is 12.5. The summed E-state index contributed by atoms with van der Waals surface area (Å²) in [5.41, 5.74) is 0.454. The van der Waals surface area contributed by atoms with E-state index in [1.807, 2.05) is 0 Å². The molecule has 0 aliphatic carbocycles. The van der Waals surface area contributed by atoms with Gasteiger partial charge in [0.1, 0.15) is 10.9 Å². The van der Waals surface area contributed by atoms with Crippen molar-refractivity contribution in [1.29, 1.82) is 0 Å². The number of aromatic nitrogens is 2. The van der Waals surface area contributed by atoms with Gasteiger partial charge in [-0.2, -0.15) is 0 Å². The second-order valence-electron chi connectivity index (χ2n) is 3.06. The zero-order valence-electron chi connectivity index (χ0n) is 8.51. The van der Waals surface area contributed by atoms with Crippen LogP contribution in [-0.2, 0) is 4.79 Å². The molecular formula is C8H11N3O4S. The molecule has 16 heavy (non-hydrogen) atoms. The highest BCUT2D eigenvalue weighted by Gasteiger charge is 2.22. The molecule has 1 atom stereocenters. The number of carbonyl (C=O) groups excluding carboxylic acids is 1. The van der Waals surface area contributed by atoms with Gasteiger partial charge in [-0.25, -0.2) is 4.79 Å². The van der Waals surface area contributed by atoms with Crippen molar-refractivity contribution in [2.75, 3.05) is 6.61 Å². The Balaban J connectivity index is 2.69. The molecule has 0 spiro atoms. The Labute approximate surface area is 95.3 Å². The van der Waals surface area contributed by atoms with E-state index >= 15 is 0 Å². The molecule has 7 nitrogen and oxygen atoms in total. The van der Waals surface area contributed by atoms with E-state index in [9.17, 15) is 9.59 Å². The van der Waals surface area contributed by atoms with E-state index in [0.29, 0.717) is 5.69 Å². The number of aliphatic carboxylic acids is 1. The van der Waals surface area contributed by atoms with Gasteiger partial charge in [0.15, 0.2) is 0 Å². The third-order valence-corrected chi connectivity index (χ3v) is 2.71. The molecule has 0 radical (unpaired) electrons. The lowest BCUT2D eigenvalue weighted by atomic mass is 10.2. The maximum Gasteiger partial charge on any atom is 0.326 e. The first-order valence-electron chi connectivity index (χ1n) is 4.49. The first-order chi connectivity index (χ1) is 7.56. The van der Waals surface area contributed by atoms with Gasteiger partial charge in [-0.05, 0) is 18.5 Å². The lowest BCUT2D eigenvalue weighted by Gasteiger charge is -2.11. The molecule has 1 rings (SSSR count). The molecule has 0 bridgehead atoms. The predicted octanol–water partition coefficient (Wildman–Crippen LogP) is -0.588. The van der Waals surface area contributed by atoms with Crippen LogP contribution in [0, 0.1) is 6.92 Å². The summed E-state index contributed by atoms with van der Waals surface area (Å²) in [6.07, 6.45) is -0.0354. The van der Waals surface area contributed by atoms with Crippen LogP contribution in [0.4, 0.5) is 0 Å². The topological polar surface area (TPSA) is 112 Å². The Kier molecular flexibility index (Phi) is 4.32. The molecule has 0 aromatic carbocycles. The zero-order valence-corrected chi connectivity index (χ0v) is 9.32. The van der Waals surface area contributed by atoms with Crippen LogP contribution in [0.2, 0.25) is 0 Å². The van der Waals surface area contributed by atoms with Crippen molar-refractivity contribution in [3.05, 3.63) is 10.6 Å². The van der Waals surface area contributed by atoms with E-state index < -0.39 is 17.9 Å². The summed E-state index contributed by atoms with van der Waals surface area (Å²) in [5.74, 6) is -1.72. The van der Waals surface area contributed by atoms with Crippen molar-refractivity contribution in [2.24, 2.45) is 0 Å².